The lowest BCUT2D eigenvalue weighted by Gasteiger charge is -2.04. The second-order valence-corrected chi connectivity index (χ2v) is 3.13. The minimum absolute atomic E-state index is 0.224. The topological polar surface area (TPSA) is 67.8 Å². The van der Waals surface area contributed by atoms with Crippen LogP contribution in [-0.2, 0) is 7.05 Å². The number of pyridine rings is 1. The predicted molar refractivity (Wildman–Crippen MR) is 52.3 cm³/mol. The minimum Gasteiger partial charge on any atom is -0.328 e. The van der Waals surface area contributed by atoms with Gasteiger partial charge < -0.3 is 4.98 Å². The highest BCUT2D eigenvalue weighted by Crippen LogP contribution is 2.09. The summed E-state index contributed by atoms with van der Waals surface area (Å²) in [6, 6.07) is 1.39. The van der Waals surface area contributed by atoms with Gasteiger partial charge in [-0.15, -0.1) is 0 Å². The second-order valence-electron chi connectivity index (χ2n) is 3.13. The van der Waals surface area contributed by atoms with E-state index in [9.17, 15) is 9.59 Å². The highest BCUT2D eigenvalue weighted by atomic mass is 16.1. The van der Waals surface area contributed by atoms with E-state index in [1.54, 1.807) is 20.2 Å². The lowest BCUT2D eigenvalue weighted by molar-refractivity contribution is 0.840. The Morgan fingerprint density at radius 1 is 1.43 bits per heavy atom. The van der Waals surface area contributed by atoms with E-state index in [0.29, 0.717) is 11.2 Å². The summed E-state index contributed by atoms with van der Waals surface area (Å²) in [5, 5.41) is 0.784. The number of aromatic amines is 1. The lowest BCUT2D eigenvalue weighted by Crippen LogP contribution is -2.22. The van der Waals surface area contributed by atoms with Gasteiger partial charge in [0.25, 0.3) is 0 Å². The van der Waals surface area contributed by atoms with Crippen molar-refractivity contribution in [3.8, 4) is 0 Å². The normalized spacial score (nSPS) is 10.7. The van der Waals surface area contributed by atoms with Crippen molar-refractivity contribution in [1.29, 1.82) is 0 Å². The molecule has 72 valence electrons. The van der Waals surface area contributed by atoms with Gasteiger partial charge in [0.15, 0.2) is 0 Å². The van der Waals surface area contributed by atoms with Crippen LogP contribution < -0.4 is 11.2 Å². The average Bonchev–Trinajstić information content (AvgIpc) is 2.14. The average molecular weight is 191 g/mol. The maximum Gasteiger partial charge on any atom is 0.348 e. The first kappa shape index (κ1) is 8.68. The van der Waals surface area contributed by atoms with Crippen LogP contribution in [0.3, 0.4) is 0 Å². The van der Waals surface area contributed by atoms with E-state index < -0.39 is 0 Å². The molecule has 0 aromatic carbocycles. The Labute approximate surface area is 79.0 Å². The Morgan fingerprint density at radius 2 is 2.14 bits per heavy atom. The Morgan fingerprint density at radius 3 is 2.86 bits per heavy atom. The molecule has 0 saturated heterocycles. The van der Waals surface area contributed by atoms with Crippen LogP contribution in [0.4, 0.5) is 0 Å². The van der Waals surface area contributed by atoms with Crippen LogP contribution in [0.5, 0.6) is 0 Å². The third kappa shape index (κ3) is 1.14. The van der Waals surface area contributed by atoms with Crippen molar-refractivity contribution >= 4 is 10.9 Å². The van der Waals surface area contributed by atoms with E-state index in [1.165, 1.54) is 10.6 Å². The third-order valence-electron chi connectivity index (χ3n) is 2.20. The monoisotopic (exact) mass is 191 g/mol. The summed E-state index contributed by atoms with van der Waals surface area (Å²) in [6.45, 7) is 1.74. The van der Waals surface area contributed by atoms with Crippen molar-refractivity contribution in [3.63, 3.8) is 0 Å². The summed E-state index contributed by atoms with van der Waals surface area (Å²) in [7, 11) is 1.59. The maximum atomic E-state index is 11.3. The van der Waals surface area contributed by atoms with Crippen LogP contribution in [0.2, 0.25) is 0 Å². The zero-order chi connectivity index (χ0) is 10.3. The zero-order valence-corrected chi connectivity index (χ0v) is 7.87. The summed E-state index contributed by atoms with van der Waals surface area (Å²) in [6.07, 6.45) is 1.57. The van der Waals surface area contributed by atoms with Crippen LogP contribution in [0, 0.1) is 6.92 Å². The first-order valence-electron chi connectivity index (χ1n) is 4.15. The molecule has 0 atom stereocenters. The van der Waals surface area contributed by atoms with E-state index in [2.05, 4.69) is 9.97 Å². The number of rotatable bonds is 0. The van der Waals surface area contributed by atoms with E-state index in [-0.39, 0.29) is 11.2 Å². The summed E-state index contributed by atoms with van der Waals surface area (Å²) < 4.78 is 1.36. The number of H-pyrrole nitrogens is 1. The molecule has 0 aliphatic rings. The molecule has 0 amide bonds. The third-order valence-corrected chi connectivity index (χ3v) is 2.20. The van der Waals surface area contributed by atoms with Crippen LogP contribution in [0.15, 0.2) is 21.9 Å². The summed E-state index contributed by atoms with van der Waals surface area (Å²) >= 11 is 0. The van der Waals surface area contributed by atoms with Gasteiger partial charge >= 0.3 is 5.69 Å². The van der Waals surface area contributed by atoms with Gasteiger partial charge in [-0.1, -0.05) is 0 Å². The predicted octanol–water partition coefficient (Wildman–Crippen LogP) is -0.0698. The fourth-order valence-electron chi connectivity index (χ4n) is 1.41. The number of hydrogen-bond acceptors (Lipinski definition) is 3. The van der Waals surface area contributed by atoms with Crippen molar-refractivity contribution in [2.45, 2.75) is 6.92 Å². The van der Waals surface area contributed by atoms with Gasteiger partial charge in [0.2, 0.25) is 5.56 Å². The summed E-state index contributed by atoms with van der Waals surface area (Å²) in [5.74, 6) is 0. The quantitative estimate of drug-likeness (QED) is 0.633. The number of aryl methyl sites for hydroxylation is 2. The molecule has 0 fully saturated rings. The van der Waals surface area contributed by atoms with Gasteiger partial charge in [-0.2, -0.15) is 4.98 Å². The number of hydrogen-bond donors (Lipinski definition) is 1. The lowest BCUT2D eigenvalue weighted by atomic mass is 10.2. The zero-order valence-electron chi connectivity index (χ0n) is 7.87. The molecule has 14 heavy (non-hydrogen) atoms. The molecule has 2 aromatic rings. The van der Waals surface area contributed by atoms with Gasteiger partial charge in [0.1, 0.15) is 0 Å². The maximum absolute atomic E-state index is 11.3. The molecule has 1 N–H and O–H groups in total. The van der Waals surface area contributed by atoms with Gasteiger partial charge in [0, 0.05) is 24.7 Å². The fourth-order valence-corrected chi connectivity index (χ4v) is 1.41. The summed E-state index contributed by atoms with van der Waals surface area (Å²) in [5.41, 5.74) is 0.657. The fraction of sp³-hybridized carbons (Fsp3) is 0.222. The van der Waals surface area contributed by atoms with E-state index in [0.717, 1.165) is 5.39 Å². The number of fused-ring (bicyclic) bond motifs is 1. The smallest absolute Gasteiger partial charge is 0.328 e. The molecule has 2 rings (SSSR count). The minimum atomic E-state index is -0.347. The molecule has 0 aliphatic carbocycles. The van der Waals surface area contributed by atoms with E-state index in [4.69, 9.17) is 0 Å². The van der Waals surface area contributed by atoms with Crippen LogP contribution in [0.1, 0.15) is 5.69 Å². The Balaban J connectivity index is 3.10. The van der Waals surface area contributed by atoms with Gasteiger partial charge in [0.05, 0.1) is 11.2 Å². The molecule has 2 heterocycles. The number of nitrogens with one attached hydrogen (secondary N) is 1. The Bertz CT molecular complexity index is 609. The number of nitrogens with zero attached hydrogens (tertiary/aromatic N) is 2. The van der Waals surface area contributed by atoms with Crippen molar-refractivity contribution < 1.29 is 0 Å². The molecule has 0 unspecified atom stereocenters. The molecule has 2 aromatic heterocycles. The van der Waals surface area contributed by atoms with Gasteiger partial charge in [-0.3, -0.25) is 9.36 Å². The van der Waals surface area contributed by atoms with Crippen LogP contribution in [-0.4, -0.2) is 14.5 Å². The van der Waals surface area contributed by atoms with Crippen LogP contribution in [0.25, 0.3) is 10.9 Å². The molecule has 0 aliphatic heterocycles. The Kier molecular flexibility index (Phi) is 1.73. The number of aromatic nitrogens is 3. The molecule has 0 saturated carbocycles. The van der Waals surface area contributed by atoms with Crippen molar-refractivity contribution in [3.05, 3.63) is 38.8 Å². The molecule has 5 heteroatoms. The highest BCUT2D eigenvalue weighted by molar-refractivity contribution is 5.79. The molecule has 0 radical (unpaired) electrons. The second kappa shape index (κ2) is 2.80. The standard InChI is InChI=1S/C9H9N3O2/c1-5-6-4-10-8(13)3-7(6)12(2)9(14)11-5/h3-4H,1-2H3,(H,10,13). The first-order valence-corrected chi connectivity index (χ1v) is 4.15. The highest BCUT2D eigenvalue weighted by Gasteiger charge is 2.04. The molecule has 0 bridgehead atoms. The van der Waals surface area contributed by atoms with Crippen LogP contribution >= 0.6 is 0 Å². The SMILES string of the molecule is Cc1nc(=O)n(C)c2cc(=O)[nH]cc12. The molecular formula is C9H9N3O2. The summed E-state index contributed by atoms with van der Waals surface area (Å²) in [4.78, 5) is 28.7. The largest absolute Gasteiger partial charge is 0.348 e. The molecule has 5 nitrogen and oxygen atoms in total. The first-order chi connectivity index (χ1) is 6.59. The van der Waals surface area contributed by atoms with Crippen molar-refractivity contribution in [2.75, 3.05) is 0 Å². The van der Waals surface area contributed by atoms with Crippen molar-refractivity contribution in [2.24, 2.45) is 7.05 Å². The van der Waals surface area contributed by atoms with Gasteiger partial charge in [-0.05, 0) is 6.92 Å². The van der Waals surface area contributed by atoms with E-state index >= 15 is 0 Å². The molecule has 0 spiro atoms. The van der Waals surface area contributed by atoms with Crippen molar-refractivity contribution in [1.82, 2.24) is 14.5 Å². The Hall–Kier alpha value is -1.91. The molecular weight excluding hydrogens is 182 g/mol. The van der Waals surface area contributed by atoms with E-state index in [1.807, 2.05) is 0 Å². The van der Waals surface area contributed by atoms with Gasteiger partial charge in [-0.25, -0.2) is 4.79 Å².